The standard InChI is InChI=1S/C21H33N5O2/c1-22-21(26-9-7-18(16-26)25-10-12-27-13-11-25)24-15-17-6-8-23-20(14-17)28-19-4-2-3-5-19/h6,8,14,18-19H,2-5,7,9-13,15-16H2,1H3,(H,22,24). The third kappa shape index (κ3) is 4.94. The Bertz CT molecular complexity index is 656. The predicted octanol–water partition coefficient (Wildman–Crippen LogP) is 1.88. The lowest BCUT2D eigenvalue weighted by molar-refractivity contribution is 0.0195. The molecule has 1 atom stereocenters. The first-order valence-electron chi connectivity index (χ1n) is 10.7. The zero-order chi connectivity index (χ0) is 19.2. The van der Waals surface area contributed by atoms with Crippen LogP contribution in [0.1, 0.15) is 37.7 Å². The summed E-state index contributed by atoms with van der Waals surface area (Å²) in [6.07, 6.45) is 8.20. The maximum atomic E-state index is 6.03. The van der Waals surface area contributed by atoms with Crippen molar-refractivity contribution in [2.24, 2.45) is 4.99 Å². The second-order valence-corrected chi connectivity index (χ2v) is 7.96. The molecule has 1 unspecified atom stereocenters. The van der Waals surface area contributed by atoms with Crippen LogP contribution in [-0.4, -0.2) is 79.3 Å². The first-order valence-corrected chi connectivity index (χ1v) is 10.7. The molecule has 0 aromatic carbocycles. The number of guanidine groups is 1. The molecular formula is C21H33N5O2. The summed E-state index contributed by atoms with van der Waals surface area (Å²) in [4.78, 5) is 13.8. The molecule has 7 nitrogen and oxygen atoms in total. The van der Waals surface area contributed by atoms with Crippen molar-refractivity contribution in [1.82, 2.24) is 20.1 Å². The lowest BCUT2D eigenvalue weighted by Crippen LogP contribution is -2.46. The number of rotatable bonds is 5. The Hall–Kier alpha value is -1.86. The van der Waals surface area contributed by atoms with Crippen molar-refractivity contribution < 1.29 is 9.47 Å². The molecule has 0 radical (unpaired) electrons. The Morgan fingerprint density at radius 2 is 2.07 bits per heavy atom. The number of hydrogen-bond acceptors (Lipinski definition) is 5. The van der Waals surface area contributed by atoms with Crippen LogP contribution < -0.4 is 10.1 Å². The fourth-order valence-electron chi connectivity index (χ4n) is 4.49. The predicted molar refractivity (Wildman–Crippen MR) is 110 cm³/mol. The fourth-order valence-corrected chi connectivity index (χ4v) is 4.49. The van der Waals surface area contributed by atoms with Crippen molar-refractivity contribution in [3.63, 3.8) is 0 Å². The highest BCUT2D eigenvalue weighted by atomic mass is 16.5. The van der Waals surface area contributed by atoms with Crippen molar-refractivity contribution in [3.05, 3.63) is 23.9 Å². The van der Waals surface area contributed by atoms with Crippen LogP contribution in [0.3, 0.4) is 0 Å². The van der Waals surface area contributed by atoms with E-state index in [-0.39, 0.29) is 0 Å². The highest BCUT2D eigenvalue weighted by Gasteiger charge is 2.30. The van der Waals surface area contributed by atoms with Crippen molar-refractivity contribution >= 4 is 5.96 Å². The van der Waals surface area contributed by atoms with E-state index in [4.69, 9.17) is 9.47 Å². The van der Waals surface area contributed by atoms with Gasteiger partial charge in [0.15, 0.2) is 5.96 Å². The van der Waals surface area contributed by atoms with E-state index >= 15 is 0 Å². The van der Waals surface area contributed by atoms with Crippen LogP contribution >= 0.6 is 0 Å². The van der Waals surface area contributed by atoms with Gasteiger partial charge in [-0.3, -0.25) is 9.89 Å². The van der Waals surface area contributed by atoms with Gasteiger partial charge in [0.2, 0.25) is 5.88 Å². The highest BCUT2D eigenvalue weighted by Crippen LogP contribution is 2.23. The van der Waals surface area contributed by atoms with Gasteiger partial charge in [-0.15, -0.1) is 0 Å². The van der Waals surface area contributed by atoms with E-state index in [0.29, 0.717) is 12.1 Å². The number of hydrogen-bond donors (Lipinski definition) is 1. The van der Waals surface area contributed by atoms with E-state index in [2.05, 4.69) is 31.2 Å². The molecule has 2 aliphatic heterocycles. The third-order valence-electron chi connectivity index (χ3n) is 6.08. The number of morpholine rings is 1. The van der Waals surface area contributed by atoms with E-state index in [1.54, 1.807) is 0 Å². The maximum Gasteiger partial charge on any atom is 0.213 e. The average Bonchev–Trinajstić information content (AvgIpc) is 3.42. The number of nitrogens with zero attached hydrogens (tertiary/aromatic N) is 4. The van der Waals surface area contributed by atoms with Gasteiger partial charge in [0.1, 0.15) is 6.10 Å². The van der Waals surface area contributed by atoms with E-state index in [1.165, 1.54) is 24.8 Å². The Morgan fingerprint density at radius 1 is 1.25 bits per heavy atom. The Balaban J connectivity index is 1.28. The molecule has 3 fully saturated rings. The molecule has 7 heteroatoms. The average molecular weight is 388 g/mol. The number of aromatic nitrogens is 1. The van der Waals surface area contributed by atoms with Crippen LogP contribution in [0.5, 0.6) is 5.88 Å². The van der Waals surface area contributed by atoms with E-state index < -0.39 is 0 Å². The van der Waals surface area contributed by atoms with Gasteiger partial charge in [-0.2, -0.15) is 0 Å². The van der Waals surface area contributed by atoms with Crippen molar-refractivity contribution in [3.8, 4) is 5.88 Å². The van der Waals surface area contributed by atoms with Crippen LogP contribution in [0, 0.1) is 0 Å². The molecule has 154 valence electrons. The largest absolute Gasteiger partial charge is 0.474 e. The van der Waals surface area contributed by atoms with Crippen LogP contribution in [0.2, 0.25) is 0 Å². The number of pyridine rings is 1. The van der Waals surface area contributed by atoms with Crippen molar-refractivity contribution in [2.45, 2.75) is 50.8 Å². The zero-order valence-corrected chi connectivity index (χ0v) is 17.0. The fraction of sp³-hybridized carbons (Fsp3) is 0.714. The molecule has 1 N–H and O–H groups in total. The van der Waals surface area contributed by atoms with Gasteiger partial charge in [-0.25, -0.2) is 4.98 Å². The summed E-state index contributed by atoms with van der Waals surface area (Å²) in [5.74, 6) is 1.72. The topological polar surface area (TPSA) is 62.2 Å². The molecule has 1 saturated carbocycles. The molecule has 0 spiro atoms. The third-order valence-corrected chi connectivity index (χ3v) is 6.08. The Morgan fingerprint density at radius 3 is 2.86 bits per heavy atom. The molecule has 1 aromatic rings. The number of likely N-dealkylation sites (tertiary alicyclic amines) is 1. The smallest absolute Gasteiger partial charge is 0.213 e. The molecule has 0 bridgehead atoms. The van der Waals surface area contributed by atoms with Gasteiger partial charge in [0, 0.05) is 58.1 Å². The number of aliphatic imine (C=N–C) groups is 1. The molecule has 1 aliphatic carbocycles. The van der Waals surface area contributed by atoms with E-state index in [9.17, 15) is 0 Å². The second-order valence-electron chi connectivity index (χ2n) is 7.96. The second kappa shape index (κ2) is 9.56. The van der Waals surface area contributed by atoms with Crippen LogP contribution in [-0.2, 0) is 11.3 Å². The minimum Gasteiger partial charge on any atom is -0.474 e. The quantitative estimate of drug-likeness (QED) is 0.615. The van der Waals surface area contributed by atoms with Crippen molar-refractivity contribution in [1.29, 1.82) is 0 Å². The van der Waals surface area contributed by atoms with Gasteiger partial charge in [0.25, 0.3) is 0 Å². The van der Waals surface area contributed by atoms with Gasteiger partial charge < -0.3 is 19.7 Å². The number of nitrogens with one attached hydrogen (secondary N) is 1. The Labute approximate surface area is 168 Å². The minimum atomic E-state index is 0.338. The molecule has 1 aromatic heterocycles. The summed E-state index contributed by atoms with van der Waals surface area (Å²) in [7, 11) is 1.87. The molecule has 28 heavy (non-hydrogen) atoms. The highest BCUT2D eigenvalue weighted by molar-refractivity contribution is 5.80. The monoisotopic (exact) mass is 387 g/mol. The molecular weight excluding hydrogens is 354 g/mol. The van der Waals surface area contributed by atoms with Gasteiger partial charge in [-0.1, -0.05) is 0 Å². The summed E-state index contributed by atoms with van der Waals surface area (Å²) in [5, 5.41) is 3.52. The van der Waals surface area contributed by atoms with Crippen LogP contribution in [0.25, 0.3) is 0 Å². The molecule has 4 rings (SSSR count). The Kier molecular flexibility index (Phi) is 6.65. The first-order chi connectivity index (χ1) is 13.8. The van der Waals surface area contributed by atoms with Crippen molar-refractivity contribution in [2.75, 3.05) is 46.4 Å². The molecule has 0 amide bonds. The first kappa shape index (κ1) is 19.5. The van der Waals surface area contributed by atoms with Gasteiger partial charge >= 0.3 is 0 Å². The normalized spacial score (nSPS) is 24.7. The van der Waals surface area contributed by atoms with E-state index in [0.717, 1.165) is 70.6 Å². The summed E-state index contributed by atoms with van der Waals surface area (Å²) in [6.45, 7) is 6.62. The summed E-state index contributed by atoms with van der Waals surface area (Å²) >= 11 is 0. The summed E-state index contributed by atoms with van der Waals surface area (Å²) in [6, 6.07) is 4.70. The van der Waals surface area contributed by atoms with Crippen LogP contribution in [0.15, 0.2) is 23.3 Å². The van der Waals surface area contributed by atoms with Crippen LogP contribution in [0.4, 0.5) is 0 Å². The SMILES string of the molecule is CN=C(NCc1ccnc(OC2CCCC2)c1)N1CCC(N2CCOCC2)C1. The number of ether oxygens (including phenoxy) is 2. The zero-order valence-electron chi connectivity index (χ0n) is 17.0. The molecule has 3 heterocycles. The lowest BCUT2D eigenvalue weighted by atomic mass is 10.2. The van der Waals surface area contributed by atoms with Gasteiger partial charge in [-0.05, 0) is 43.7 Å². The maximum absolute atomic E-state index is 6.03. The summed E-state index contributed by atoms with van der Waals surface area (Å²) < 4.78 is 11.5. The molecule has 3 aliphatic rings. The van der Waals surface area contributed by atoms with Gasteiger partial charge in [0.05, 0.1) is 13.2 Å². The van der Waals surface area contributed by atoms with E-state index in [1.807, 2.05) is 19.3 Å². The molecule has 2 saturated heterocycles. The minimum absolute atomic E-state index is 0.338. The summed E-state index contributed by atoms with van der Waals surface area (Å²) in [5.41, 5.74) is 1.17. The lowest BCUT2D eigenvalue weighted by Gasteiger charge is -2.32.